The van der Waals surface area contributed by atoms with Crippen LogP contribution in [-0.4, -0.2) is 19.2 Å². The van der Waals surface area contributed by atoms with Gasteiger partial charge in [-0.2, -0.15) is 0 Å². The van der Waals surface area contributed by atoms with Gasteiger partial charge in [-0.15, -0.1) is 11.3 Å². The summed E-state index contributed by atoms with van der Waals surface area (Å²) < 4.78 is 11.0. The third-order valence-electron chi connectivity index (χ3n) is 4.39. The molecule has 1 aliphatic carbocycles. The lowest BCUT2D eigenvalue weighted by Gasteiger charge is -2.19. The summed E-state index contributed by atoms with van der Waals surface area (Å²) in [5, 5.41) is 7.98. The number of amides is 2. The highest BCUT2D eigenvalue weighted by molar-refractivity contribution is 7.10. The third kappa shape index (κ3) is 3.19. The first-order valence-electron chi connectivity index (χ1n) is 8.32. The van der Waals surface area contributed by atoms with Crippen molar-refractivity contribution in [3.05, 3.63) is 39.6 Å². The topological polar surface area (TPSA) is 59.6 Å². The summed E-state index contributed by atoms with van der Waals surface area (Å²) >= 11 is 1.82. The van der Waals surface area contributed by atoms with Gasteiger partial charge in [0.15, 0.2) is 11.5 Å². The molecule has 2 N–H and O–H groups in total. The number of nitrogens with one attached hydrogen (secondary N) is 2. The molecule has 5 nitrogen and oxygen atoms in total. The lowest BCUT2D eigenvalue weighted by Crippen LogP contribution is -2.28. The predicted octanol–water partition coefficient (Wildman–Crippen LogP) is 3.72. The fourth-order valence-electron chi connectivity index (χ4n) is 3.18. The number of carbonyl (C=O) groups excluding carboxylic acids is 1. The molecule has 2 aromatic rings. The number of hydrogen-bond donors (Lipinski definition) is 2. The van der Waals surface area contributed by atoms with E-state index >= 15 is 0 Å². The van der Waals surface area contributed by atoms with Crippen molar-refractivity contribution >= 4 is 23.1 Å². The van der Waals surface area contributed by atoms with Gasteiger partial charge in [0, 0.05) is 23.2 Å². The van der Waals surface area contributed by atoms with E-state index in [4.69, 9.17) is 9.47 Å². The number of anilines is 1. The van der Waals surface area contributed by atoms with Crippen LogP contribution in [0.3, 0.4) is 0 Å². The van der Waals surface area contributed by atoms with Crippen molar-refractivity contribution in [2.75, 3.05) is 18.5 Å². The minimum atomic E-state index is -0.206. The molecule has 6 heteroatoms. The number of fused-ring (bicyclic) bond motifs is 2. The zero-order chi connectivity index (χ0) is 16.4. The normalized spacial score (nSPS) is 15.5. The molecule has 0 saturated heterocycles. The first kappa shape index (κ1) is 15.3. The number of carbonyl (C=O) groups is 1. The van der Waals surface area contributed by atoms with E-state index in [0.717, 1.165) is 12.2 Å². The Labute approximate surface area is 145 Å². The standard InChI is InChI=1S/C18H20N2O3S/c21-18(19-10-12-11-24-17-4-2-1-3-14(12)17)20-13-5-6-15-16(9-13)23-8-7-22-15/h5-6,9,11H,1-4,7-8,10H2,(H2,19,20,21). The largest absolute Gasteiger partial charge is 0.486 e. The van der Waals surface area contributed by atoms with E-state index < -0.39 is 0 Å². The molecule has 0 atom stereocenters. The molecular weight excluding hydrogens is 324 g/mol. The summed E-state index contributed by atoms with van der Waals surface area (Å²) in [4.78, 5) is 13.6. The van der Waals surface area contributed by atoms with Gasteiger partial charge < -0.3 is 20.1 Å². The molecule has 4 rings (SSSR count). The number of hydrogen-bond acceptors (Lipinski definition) is 4. The van der Waals surface area contributed by atoms with Gasteiger partial charge in [-0.05, 0) is 54.3 Å². The Morgan fingerprint density at radius 3 is 2.88 bits per heavy atom. The molecule has 1 aromatic heterocycles. The molecule has 2 aliphatic rings. The second-order valence-electron chi connectivity index (χ2n) is 6.04. The molecule has 2 amide bonds. The second kappa shape index (κ2) is 6.73. The molecule has 126 valence electrons. The summed E-state index contributed by atoms with van der Waals surface area (Å²) in [5.74, 6) is 1.39. The van der Waals surface area contributed by atoms with Crippen LogP contribution in [0, 0.1) is 0 Å². The van der Waals surface area contributed by atoms with E-state index in [1.165, 1.54) is 35.3 Å². The molecule has 24 heavy (non-hydrogen) atoms. The number of benzene rings is 1. The maximum absolute atomic E-state index is 12.2. The van der Waals surface area contributed by atoms with Crippen LogP contribution < -0.4 is 20.1 Å². The van der Waals surface area contributed by atoms with Gasteiger partial charge in [0.05, 0.1) is 0 Å². The number of rotatable bonds is 3. The first-order valence-corrected chi connectivity index (χ1v) is 9.20. The van der Waals surface area contributed by atoms with Gasteiger partial charge in [0.25, 0.3) is 0 Å². The molecule has 0 radical (unpaired) electrons. The fraction of sp³-hybridized carbons (Fsp3) is 0.389. The fourth-order valence-corrected chi connectivity index (χ4v) is 4.33. The minimum Gasteiger partial charge on any atom is -0.486 e. The number of thiophene rings is 1. The summed E-state index contributed by atoms with van der Waals surface area (Å²) in [6, 6.07) is 5.22. The number of aryl methyl sites for hydroxylation is 1. The minimum absolute atomic E-state index is 0.206. The summed E-state index contributed by atoms with van der Waals surface area (Å²) in [5.41, 5.74) is 3.40. The molecule has 0 saturated carbocycles. The van der Waals surface area contributed by atoms with Gasteiger partial charge in [0.2, 0.25) is 0 Å². The van der Waals surface area contributed by atoms with Crippen LogP contribution in [0.1, 0.15) is 28.8 Å². The van der Waals surface area contributed by atoms with E-state index in [1.54, 1.807) is 6.07 Å². The Balaban J connectivity index is 1.36. The molecular formula is C18H20N2O3S. The maximum atomic E-state index is 12.2. The Bertz CT molecular complexity index is 757. The third-order valence-corrected chi connectivity index (χ3v) is 5.53. The summed E-state index contributed by atoms with van der Waals surface area (Å²) in [6.07, 6.45) is 4.86. The SMILES string of the molecule is O=C(NCc1csc2c1CCCC2)Nc1ccc2c(c1)OCCO2. The zero-order valence-corrected chi connectivity index (χ0v) is 14.2. The average Bonchev–Trinajstić information content (AvgIpc) is 3.03. The van der Waals surface area contributed by atoms with Crippen LogP contribution in [0.4, 0.5) is 10.5 Å². The van der Waals surface area contributed by atoms with E-state index in [-0.39, 0.29) is 6.03 Å². The Morgan fingerprint density at radius 1 is 1.12 bits per heavy atom. The number of ether oxygens (including phenoxy) is 2. The number of urea groups is 1. The summed E-state index contributed by atoms with van der Waals surface area (Å²) in [7, 11) is 0. The average molecular weight is 344 g/mol. The predicted molar refractivity (Wildman–Crippen MR) is 94.3 cm³/mol. The second-order valence-corrected chi connectivity index (χ2v) is 7.00. The van der Waals surface area contributed by atoms with E-state index in [2.05, 4.69) is 16.0 Å². The van der Waals surface area contributed by atoms with E-state index in [9.17, 15) is 4.79 Å². The van der Waals surface area contributed by atoms with Crippen molar-refractivity contribution in [1.82, 2.24) is 5.32 Å². The van der Waals surface area contributed by atoms with Gasteiger partial charge in [-0.1, -0.05) is 0 Å². The zero-order valence-electron chi connectivity index (χ0n) is 13.4. The van der Waals surface area contributed by atoms with Crippen LogP contribution in [0.2, 0.25) is 0 Å². The molecule has 2 heterocycles. The van der Waals surface area contributed by atoms with E-state index in [1.807, 2.05) is 23.5 Å². The highest BCUT2D eigenvalue weighted by Crippen LogP contribution is 2.33. The lowest BCUT2D eigenvalue weighted by molar-refractivity contribution is 0.171. The van der Waals surface area contributed by atoms with Crippen LogP contribution in [0.15, 0.2) is 23.6 Å². The summed E-state index contributed by atoms with van der Waals surface area (Å²) in [6.45, 7) is 1.67. The Morgan fingerprint density at radius 2 is 1.96 bits per heavy atom. The van der Waals surface area contributed by atoms with Gasteiger partial charge in [-0.25, -0.2) is 4.79 Å². The molecule has 0 spiro atoms. The Kier molecular flexibility index (Phi) is 4.30. The molecule has 0 fully saturated rings. The van der Waals surface area contributed by atoms with Crippen LogP contribution in [0.5, 0.6) is 11.5 Å². The maximum Gasteiger partial charge on any atom is 0.319 e. The van der Waals surface area contributed by atoms with Crippen LogP contribution in [0.25, 0.3) is 0 Å². The van der Waals surface area contributed by atoms with Crippen molar-refractivity contribution in [2.24, 2.45) is 0 Å². The van der Waals surface area contributed by atoms with Crippen molar-refractivity contribution in [3.63, 3.8) is 0 Å². The molecule has 0 bridgehead atoms. The Hall–Kier alpha value is -2.21. The van der Waals surface area contributed by atoms with E-state index in [0.29, 0.717) is 31.2 Å². The van der Waals surface area contributed by atoms with Crippen LogP contribution >= 0.6 is 11.3 Å². The van der Waals surface area contributed by atoms with Crippen molar-refractivity contribution < 1.29 is 14.3 Å². The smallest absolute Gasteiger partial charge is 0.319 e. The molecule has 0 unspecified atom stereocenters. The van der Waals surface area contributed by atoms with Crippen molar-refractivity contribution in [2.45, 2.75) is 32.2 Å². The van der Waals surface area contributed by atoms with Crippen molar-refractivity contribution in [3.8, 4) is 11.5 Å². The lowest BCUT2D eigenvalue weighted by atomic mass is 9.96. The van der Waals surface area contributed by atoms with Gasteiger partial charge >= 0.3 is 6.03 Å². The quantitative estimate of drug-likeness (QED) is 0.892. The molecule has 1 aromatic carbocycles. The first-order chi connectivity index (χ1) is 11.8. The van der Waals surface area contributed by atoms with Gasteiger partial charge in [0.1, 0.15) is 13.2 Å². The highest BCUT2D eigenvalue weighted by atomic mass is 32.1. The van der Waals surface area contributed by atoms with Crippen molar-refractivity contribution in [1.29, 1.82) is 0 Å². The van der Waals surface area contributed by atoms with Gasteiger partial charge in [-0.3, -0.25) is 0 Å². The molecule has 1 aliphatic heterocycles. The van der Waals surface area contributed by atoms with Crippen LogP contribution in [-0.2, 0) is 19.4 Å². The monoisotopic (exact) mass is 344 g/mol. The highest BCUT2D eigenvalue weighted by Gasteiger charge is 2.16.